The van der Waals surface area contributed by atoms with Crippen LogP contribution in [0.25, 0.3) is 0 Å². The SMILES string of the molecule is COc1cc(C=NNc2ccc([N+](=O)[O-])cc2)cc(I)c1OCc1ccccc1C#N. The van der Waals surface area contributed by atoms with Gasteiger partial charge in [0.2, 0.25) is 0 Å². The van der Waals surface area contributed by atoms with Crippen molar-refractivity contribution in [3.63, 3.8) is 0 Å². The Morgan fingerprint density at radius 3 is 2.65 bits per heavy atom. The summed E-state index contributed by atoms with van der Waals surface area (Å²) in [5, 5.41) is 24.1. The van der Waals surface area contributed by atoms with Gasteiger partial charge >= 0.3 is 0 Å². The first kappa shape index (κ1) is 22.0. The van der Waals surface area contributed by atoms with Gasteiger partial charge in [0, 0.05) is 17.7 Å². The predicted octanol–water partition coefficient (Wildman–Crippen LogP) is 5.10. The zero-order chi connectivity index (χ0) is 22.2. The van der Waals surface area contributed by atoms with Crippen LogP contribution < -0.4 is 14.9 Å². The van der Waals surface area contributed by atoms with Crippen LogP contribution in [0.15, 0.2) is 65.8 Å². The molecular formula is C22H17IN4O4. The maximum absolute atomic E-state index is 10.7. The van der Waals surface area contributed by atoms with Crippen molar-refractivity contribution in [2.24, 2.45) is 5.10 Å². The molecule has 0 aliphatic rings. The van der Waals surface area contributed by atoms with Crippen molar-refractivity contribution >= 4 is 40.2 Å². The molecule has 0 saturated heterocycles. The first-order valence-electron chi connectivity index (χ1n) is 9.03. The van der Waals surface area contributed by atoms with Crippen LogP contribution >= 0.6 is 22.6 Å². The Morgan fingerprint density at radius 1 is 1.23 bits per heavy atom. The molecule has 1 N–H and O–H groups in total. The van der Waals surface area contributed by atoms with Crippen LogP contribution in [0.2, 0.25) is 0 Å². The first-order valence-corrected chi connectivity index (χ1v) is 10.1. The number of halogens is 1. The van der Waals surface area contributed by atoms with E-state index in [4.69, 9.17) is 9.47 Å². The Hall–Kier alpha value is -3.65. The van der Waals surface area contributed by atoms with Crippen molar-refractivity contribution in [3.05, 3.63) is 91.0 Å². The summed E-state index contributed by atoms with van der Waals surface area (Å²) >= 11 is 2.15. The minimum Gasteiger partial charge on any atom is -0.493 e. The fraction of sp³-hybridized carbons (Fsp3) is 0.0909. The van der Waals surface area contributed by atoms with Crippen LogP contribution in [0.5, 0.6) is 11.5 Å². The maximum Gasteiger partial charge on any atom is 0.269 e. The van der Waals surface area contributed by atoms with Gasteiger partial charge < -0.3 is 9.47 Å². The van der Waals surface area contributed by atoms with Crippen molar-refractivity contribution in [1.29, 1.82) is 5.26 Å². The Balaban J connectivity index is 1.72. The second-order valence-corrected chi connectivity index (χ2v) is 7.43. The second-order valence-electron chi connectivity index (χ2n) is 6.27. The third kappa shape index (κ3) is 5.70. The molecule has 0 aliphatic heterocycles. The number of nitriles is 1. The molecule has 0 amide bonds. The number of hydrazone groups is 1. The number of hydrogen-bond donors (Lipinski definition) is 1. The van der Waals surface area contributed by atoms with E-state index in [0.29, 0.717) is 22.7 Å². The van der Waals surface area contributed by atoms with Gasteiger partial charge in [-0.15, -0.1) is 0 Å². The highest BCUT2D eigenvalue weighted by atomic mass is 127. The minimum absolute atomic E-state index is 0.0156. The molecule has 9 heteroatoms. The molecule has 3 aromatic carbocycles. The lowest BCUT2D eigenvalue weighted by molar-refractivity contribution is -0.384. The van der Waals surface area contributed by atoms with Gasteiger partial charge in [0.15, 0.2) is 11.5 Å². The molecule has 0 heterocycles. The first-order chi connectivity index (χ1) is 15.0. The predicted molar refractivity (Wildman–Crippen MR) is 126 cm³/mol. The van der Waals surface area contributed by atoms with Gasteiger partial charge in [-0.2, -0.15) is 10.4 Å². The van der Waals surface area contributed by atoms with Crippen LogP contribution in [-0.4, -0.2) is 18.2 Å². The number of nitro groups is 1. The van der Waals surface area contributed by atoms with Crippen molar-refractivity contribution in [1.82, 2.24) is 0 Å². The number of anilines is 1. The second kappa shape index (κ2) is 10.4. The summed E-state index contributed by atoms with van der Waals surface area (Å²) in [5.74, 6) is 1.12. The molecule has 31 heavy (non-hydrogen) atoms. The van der Waals surface area contributed by atoms with E-state index in [1.807, 2.05) is 24.3 Å². The molecule has 0 aromatic heterocycles. The molecule has 0 spiro atoms. The number of hydrogen-bond acceptors (Lipinski definition) is 7. The molecule has 3 rings (SSSR count). The number of rotatable bonds is 8. The summed E-state index contributed by atoms with van der Waals surface area (Å²) in [6.07, 6.45) is 1.61. The van der Waals surface area contributed by atoms with Crippen molar-refractivity contribution < 1.29 is 14.4 Å². The summed E-state index contributed by atoms with van der Waals surface area (Å²) in [7, 11) is 1.55. The molecule has 0 aliphatic carbocycles. The van der Waals surface area contributed by atoms with E-state index >= 15 is 0 Å². The van der Waals surface area contributed by atoms with Crippen LogP contribution in [0.4, 0.5) is 11.4 Å². The number of non-ortho nitro benzene ring substituents is 1. The van der Waals surface area contributed by atoms with Gasteiger partial charge in [0.1, 0.15) is 6.61 Å². The molecule has 0 atom stereocenters. The lowest BCUT2D eigenvalue weighted by atomic mass is 10.1. The van der Waals surface area contributed by atoms with E-state index in [9.17, 15) is 15.4 Å². The van der Waals surface area contributed by atoms with Crippen LogP contribution in [0.1, 0.15) is 16.7 Å². The highest BCUT2D eigenvalue weighted by Crippen LogP contribution is 2.34. The molecule has 3 aromatic rings. The summed E-state index contributed by atoms with van der Waals surface area (Å²) in [6, 6.07) is 19.1. The Bertz CT molecular complexity index is 1160. The number of benzene rings is 3. The number of ether oxygens (including phenoxy) is 2. The number of nitrogens with one attached hydrogen (secondary N) is 1. The minimum atomic E-state index is -0.455. The highest BCUT2D eigenvalue weighted by Gasteiger charge is 2.12. The monoisotopic (exact) mass is 528 g/mol. The lowest BCUT2D eigenvalue weighted by Gasteiger charge is -2.14. The van der Waals surface area contributed by atoms with Crippen LogP contribution in [0.3, 0.4) is 0 Å². The molecule has 8 nitrogen and oxygen atoms in total. The summed E-state index contributed by atoms with van der Waals surface area (Å²) in [6.45, 7) is 0.241. The van der Waals surface area contributed by atoms with Gasteiger partial charge in [0.05, 0.1) is 39.1 Å². The van der Waals surface area contributed by atoms with E-state index in [2.05, 4.69) is 39.2 Å². The Morgan fingerprint density at radius 2 is 1.97 bits per heavy atom. The van der Waals surface area contributed by atoms with E-state index in [0.717, 1.165) is 14.7 Å². The van der Waals surface area contributed by atoms with Crippen LogP contribution in [-0.2, 0) is 6.61 Å². The van der Waals surface area contributed by atoms with Gasteiger partial charge in [0.25, 0.3) is 5.69 Å². The Kier molecular flexibility index (Phi) is 7.40. The normalized spacial score (nSPS) is 10.5. The quantitative estimate of drug-likeness (QED) is 0.189. The van der Waals surface area contributed by atoms with Gasteiger partial charge in [-0.1, -0.05) is 18.2 Å². The number of nitro benzene ring substituents is 1. The average molecular weight is 528 g/mol. The van der Waals surface area contributed by atoms with Crippen LogP contribution in [0, 0.1) is 25.0 Å². The zero-order valence-corrected chi connectivity index (χ0v) is 18.6. The summed E-state index contributed by atoms with van der Waals surface area (Å²) in [5.41, 5.74) is 5.61. The number of nitrogens with zero attached hydrogens (tertiary/aromatic N) is 3. The van der Waals surface area contributed by atoms with Gasteiger partial charge in [-0.3, -0.25) is 15.5 Å². The molecule has 0 radical (unpaired) electrons. The third-order valence-corrected chi connectivity index (χ3v) is 5.05. The lowest BCUT2D eigenvalue weighted by Crippen LogP contribution is -2.02. The summed E-state index contributed by atoms with van der Waals surface area (Å²) in [4.78, 5) is 10.3. The van der Waals surface area contributed by atoms with Crippen molar-refractivity contribution in [2.75, 3.05) is 12.5 Å². The van der Waals surface area contributed by atoms with E-state index in [1.165, 1.54) is 12.1 Å². The Labute approximate surface area is 192 Å². The zero-order valence-electron chi connectivity index (χ0n) is 16.4. The largest absolute Gasteiger partial charge is 0.493 e. The molecule has 0 saturated carbocycles. The van der Waals surface area contributed by atoms with Crippen molar-refractivity contribution in [2.45, 2.75) is 6.61 Å². The molecule has 0 bridgehead atoms. The fourth-order valence-electron chi connectivity index (χ4n) is 2.70. The molecular weight excluding hydrogens is 511 g/mol. The van der Waals surface area contributed by atoms with Gasteiger partial charge in [-0.05, 0) is 58.5 Å². The fourth-order valence-corrected chi connectivity index (χ4v) is 3.48. The highest BCUT2D eigenvalue weighted by molar-refractivity contribution is 14.1. The third-order valence-electron chi connectivity index (χ3n) is 4.25. The topological polar surface area (TPSA) is 110 Å². The molecule has 156 valence electrons. The van der Waals surface area contributed by atoms with E-state index in [-0.39, 0.29) is 12.3 Å². The summed E-state index contributed by atoms with van der Waals surface area (Å²) < 4.78 is 12.2. The van der Waals surface area contributed by atoms with Crippen molar-refractivity contribution in [3.8, 4) is 17.6 Å². The number of methoxy groups -OCH3 is 1. The maximum atomic E-state index is 10.7. The molecule has 0 fully saturated rings. The van der Waals surface area contributed by atoms with E-state index in [1.54, 1.807) is 37.6 Å². The van der Waals surface area contributed by atoms with E-state index < -0.39 is 4.92 Å². The molecule has 0 unspecified atom stereocenters. The standard InChI is InChI=1S/C22H17IN4O4/c1-30-21-11-15(13-25-26-18-6-8-19(9-7-18)27(28)29)10-20(23)22(21)31-14-17-5-3-2-4-16(17)12-24/h2-11,13,26H,14H2,1H3. The van der Waals surface area contributed by atoms with Gasteiger partial charge in [-0.25, -0.2) is 0 Å². The smallest absolute Gasteiger partial charge is 0.269 e. The average Bonchev–Trinajstić information content (AvgIpc) is 2.78.